The third kappa shape index (κ3) is 5.80. The van der Waals surface area contributed by atoms with Crippen LogP contribution >= 0.6 is 23.1 Å². The molecule has 2 aromatic carbocycles. The summed E-state index contributed by atoms with van der Waals surface area (Å²) >= 11 is 3.12. The summed E-state index contributed by atoms with van der Waals surface area (Å²) in [6.45, 7) is 5.47. The summed E-state index contributed by atoms with van der Waals surface area (Å²) in [4.78, 5) is 16.9. The first kappa shape index (κ1) is 23.1. The number of aromatic nitrogens is 1. The van der Waals surface area contributed by atoms with E-state index in [0.717, 1.165) is 27.1 Å². The average molecular weight is 468 g/mol. The zero-order chi connectivity index (χ0) is 22.6. The normalized spacial score (nSPS) is 11.4. The molecule has 4 nitrogen and oxygen atoms in total. The van der Waals surface area contributed by atoms with Gasteiger partial charge in [-0.15, -0.1) is 23.1 Å². The van der Waals surface area contributed by atoms with Gasteiger partial charge in [0.05, 0.1) is 11.3 Å². The van der Waals surface area contributed by atoms with Crippen molar-refractivity contribution in [3.05, 3.63) is 63.7 Å². The van der Waals surface area contributed by atoms with Crippen molar-refractivity contribution < 1.29 is 27.4 Å². The second kappa shape index (κ2) is 9.74. The largest absolute Gasteiger partial charge is 0.457 e. The molecule has 3 aromatic rings. The molecule has 0 saturated carbocycles. The van der Waals surface area contributed by atoms with Crippen LogP contribution in [0.5, 0.6) is 5.75 Å². The minimum Gasteiger partial charge on any atom is -0.457 e. The molecule has 164 valence electrons. The lowest BCUT2D eigenvalue weighted by Gasteiger charge is -2.10. The highest BCUT2D eigenvalue weighted by molar-refractivity contribution is 7.98. The summed E-state index contributed by atoms with van der Waals surface area (Å²) in [7, 11) is 0. The number of hydrogen-bond donors (Lipinski definition) is 0. The molecule has 0 amide bonds. The maximum atomic E-state index is 13.0. The van der Waals surface area contributed by atoms with Crippen LogP contribution in [0.1, 0.15) is 27.3 Å². The number of aryl methyl sites for hydroxylation is 3. The lowest BCUT2D eigenvalue weighted by atomic mass is 10.1. The Bertz CT molecular complexity index is 1080. The van der Waals surface area contributed by atoms with E-state index in [1.54, 1.807) is 11.8 Å². The number of nitrogens with zero attached hydrogens (tertiary/aromatic N) is 1. The smallest absolute Gasteiger partial charge is 0.416 e. The monoisotopic (exact) mass is 467 g/mol. The van der Waals surface area contributed by atoms with E-state index in [1.165, 1.54) is 30.4 Å². The highest BCUT2D eigenvalue weighted by atomic mass is 32.2. The van der Waals surface area contributed by atoms with Gasteiger partial charge in [0.2, 0.25) is 6.79 Å². The van der Waals surface area contributed by atoms with Gasteiger partial charge in [-0.3, -0.25) is 4.79 Å². The molecule has 0 unspecified atom stereocenters. The number of hydrogen-bond acceptors (Lipinski definition) is 6. The van der Waals surface area contributed by atoms with Crippen molar-refractivity contribution in [1.82, 2.24) is 4.98 Å². The number of thiazole rings is 1. The Labute approximate surface area is 186 Å². The summed E-state index contributed by atoms with van der Waals surface area (Å²) in [5.74, 6) is 1.33. The van der Waals surface area contributed by atoms with E-state index in [9.17, 15) is 18.0 Å². The van der Waals surface area contributed by atoms with Crippen LogP contribution in [0, 0.1) is 20.8 Å². The van der Waals surface area contributed by atoms with Gasteiger partial charge in [0.25, 0.3) is 6.47 Å². The van der Waals surface area contributed by atoms with Crippen molar-refractivity contribution in [3.63, 3.8) is 0 Å². The summed E-state index contributed by atoms with van der Waals surface area (Å²) < 4.78 is 48.9. The van der Waals surface area contributed by atoms with Crippen LogP contribution < -0.4 is 4.74 Å². The summed E-state index contributed by atoms with van der Waals surface area (Å²) in [5, 5.41) is 0.708. The first-order chi connectivity index (χ1) is 14.7. The molecule has 0 fully saturated rings. The summed E-state index contributed by atoms with van der Waals surface area (Å²) in [6, 6.07) is 9.85. The Morgan fingerprint density at radius 2 is 1.87 bits per heavy atom. The Morgan fingerprint density at radius 1 is 1.10 bits per heavy atom. The summed E-state index contributed by atoms with van der Waals surface area (Å²) in [6.07, 6.45) is -4.36. The highest BCUT2D eigenvalue weighted by Crippen LogP contribution is 2.37. The van der Waals surface area contributed by atoms with Gasteiger partial charge in [0.15, 0.2) is 0 Å². The van der Waals surface area contributed by atoms with E-state index in [2.05, 4.69) is 9.72 Å². The number of carbonyl (C=O) groups is 1. The number of ether oxygens (including phenoxy) is 2. The molecular formula is C22H20F3NO3S2. The van der Waals surface area contributed by atoms with Crippen LogP contribution in [-0.2, 0) is 21.5 Å². The van der Waals surface area contributed by atoms with Crippen molar-refractivity contribution in [2.24, 2.45) is 0 Å². The van der Waals surface area contributed by atoms with Crippen molar-refractivity contribution in [2.75, 3.05) is 6.79 Å². The number of carbonyl (C=O) groups excluding carboxylic acids is 1. The predicted molar refractivity (Wildman–Crippen MR) is 115 cm³/mol. The first-order valence-corrected chi connectivity index (χ1v) is 11.0. The van der Waals surface area contributed by atoms with Crippen LogP contribution in [0.3, 0.4) is 0 Å². The number of alkyl halides is 3. The van der Waals surface area contributed by atoms with Gasteiger partial charge >= 0.3 is 6.18 Å². The van der Waals surface area contributed by atoms with Crippen LogP contribution in [0.2, 0.25) is 0 Å². The van der Waals surface area contributed by atoms with Gasteiger partial charge in [-0.1, -0.05) is 6.07 Å². The van der Waals surface area contributed by atoms with Gasteiger partial charge in [-0.05, 0) is 62.2 Å². The zero-order valence-electron chi connectivity index (χ0n) is 17.1. The number of benzene rings is 2. The fourth-order valence-corrected chi connectivity index (χ4v) is 5.15. The fraction of sp³-hybridized carbons (Fsp3) is 0.273. The molecule has 0 aliphatic carbocycles. The molecular weight excluding hydrogens is 447 g/mol. The number of rotatable bonds is 8. The molecule has 31 heavy (non-hydrogen) atoms. The molecule has 1 aromatic heterocycles. The van der Waals surface area contributed by atoms with E-state index < -0.39 is 11.7 Å². The molecule has 0 spiro atoms. The predicted octanol–water partition coefficient (Wildman–Crippen LogP) is 6.56. The molecule has 0 bridgehead atoms. The highest BCUT2D eigenvalue weighted by Gasteiger charge is 2.32. The quantitative estimate of drug-likeness (QED) is 0.163. The minimum absolute atomic E-state index is 0.136. The van der Waals surface area contributed by atoms with E-state index in [4.69, 9.17) is 4.74 Å². The Balaban J connectivity index is 1.70. The topological polar surface area (TPSA) is 48.4 Å². The molecule has 0 aliphatic rings. The SMILES string of the molecule is Cc1cc(SCc2sc(-c3ccc(C(F)(F)F)c(C)c3)nc2C)ccc1OCOC=O. The van der Waals surface area contributed by atoms with Crippen LogP contribution in [0.25, 0.3) is 10.6 Å². The molecule has 9 heteroatoms. The van der Waals surface area contributed by atoms with Crippen molar-refractivity contribution in [1.29, 1.82) is 0 Å². The summed E-state index contributed by atoms with van der Waals surface area (Å²) in [5.41, 5.74) is 2.03. The fourth-order valence-electron chi connectivity index (χ4n) is 2.95. The van der Waals surface area contributed by atoms with Crippen LogP contribution in [0.15, 0.2) is 41.3 Å². The molecule has 0 N–H and O–H groups in total. The molecule has 1 heterocycles. The van der Waals surface area contributed by atoms with E-state index in [0.29, 0.717) is 28.5 Å². The van der Waals surface area contributed by atoms with E-state index in [1.807, 2.05) is 32.0 Å². The van der Waals surface area contributed by atoms with Gasteiger partial charge < -0.3 is 9.47 Å². The van der Waals surface area contributed by atoms with Gasteiger partial charge in [0.1, 0.15) is 10.8 Å². The molecule has 0 radical (unpaired) electrons. The van der Waals surface area contributed by atoms with E-state index >= 15 is 0 Å². The average Bonchev–Trinajstić information content (AvgIpc) is 3.07. The maximum absolute atomic E-state index is 13.0. The zero-order valence-corrected chi connectivity index (χ0v) is 18.7. The Hall–Kier alpha value is -2.52. The second-order valence-electron chi connectivity index (χ2n) is 6.80. The van der Waals surface area contributed by atoms with Gasteiger partial charge in [0, 0.05) is 21.1 Å². The minimum atomic E-state index is -4.36. The molecule has 3 rings (SSSR count). The van der Waals surface area contributed by atoms with Gasteiger partial charge in [-0.2, -0.15) is 13.2 Å². The van der Waals surface area contributed by atoms with Gasteiger partial charge in [-0.25, -0.2) is 4.98 Å². The first-order valence-electron chi connectivity index (χ1n) is 9.25. The molecule has 0 aliphatic heterocycles. The molecule has 0 atom stereocenters. The lowest BCUT2D eigenvalue weighted by molar-refractivity contribution is -0.138. The Morgan fingerprint density at radius 3 is 2.52 bits per heavy atom. The van der Waals surface area contributed by atoms with E-state index in [-0.39, 0.29) is 12.4 Å². The van der Waals surface area contributed by atoms with Crippen molar-refractivity contribution in [2.45, 2.75) is 37.6 Å². The third-order valence-corrected chi connectivity index (χ3v) is 6.95. The number of thioether (sulfide) groups is 1. The standard InChI is InChI=1S/C22H20F3NO3S2/c1-13-8-16(4-6-18(13)22(23,24)25)21-26-15(3)20(31-21)10-30-17-5-7-19(14(2)9-17)29-12-28-11-27/h4-9,11H,10,12H2,1-3H3. The third-order valence-electron chi connectivity index (χ3n) is 4.54. The number of halogens is 3. The van der Waals surface area contributed by atoms with Crippen molar-refractivity contribution in [3.8, 4) is 16.3 Å². The second-order valence-corrected chi connectivity index (χ2v) is 8.93. The van der Waals surface area contributed by atoms with Crippen molar-refractivity contribution >= 4 is 29.6 Å². The Kier molecular flexibility index (Phi) is 7.27. The lowest BCUT2D eigenvalue weighted by Crippen LogP contribution is -2.07. The maximum Gasteiger partial charge on any atom is 0.416 e. The van der Waals surface area contributed by atoms with Crippen LogP contribution in [-0.4, -0.2) is 18.2 Å². The van der Waals surface area contributed by atoms with Crippen LogP contribution in [0.4, 0.5) is 13.2 Å². The molecule has 0 saturated heterocycles.